The fourth-order valence-corrected chi connectivity index (χ4v) is 3.34. The first-order chi connectivity index (χ1) is 6.43. The van der Waals surface area contributed by atoms with Crippen LogP contribution in [-0.2, 0) is 4.57 Å². The highest BCUT2D eigenvalue weighted by Gasteiger charge is 2.53. The number of hydrogen-bond donors (Lipinski definition) is 4. The van der Waals surface area contributed by atoms with Gasteiger partial charge in [0, 0.05) is 6.42 Å². The summed E-state index contributed by atoms with van der Waals surface area (Å²) in [5.41, 5.74) is 3.55. The minimum Gasteiger partial charge on any atom is -0.369 e. The topological polar surface area (TPSA) is 104 Å². The van der Waals surface area contributed by atoms with Gasteiger partial charge in [-0.25, -0.2) is 0 Å². The molecule has 0 rings (SSSR count). The van der Waals surface area contributed by atoms with Crippen LogP contribution >= 0.6 is 7.60 Å². The molecule has 0 radical (unpaired) electrons. The molecule has 5 N–H and O–H groups in total. The third-order valence-corrected chi connectivity index (χ3v) is 3.75. The van der Waals surface area contributed by atoms with Gasteiger partial charge >= 0.3 is 7.60 Å². The van der Waals surface area contributed by atoms with E-state index in [1.54, 1.807) is 21.1 Å². The molecule has 0 amide bonds. The van der Waals surface area contributed by atoms with Gasteiger partial charge in [-0.3, -0.25) is 10.3 Å². The number of hydrogen-bond acceptors (Lipinski definition) is 3. The standard InChI is InChI=1S/C8H19N2O4P/c1-5-6-8(9,11)7(10(2,3)4)15(12,13)14/h5,7,11H,1,6,9H2,2-4H3,(H-,12,13,14)/p+1. The molecule has 0 aliphatic rings. The summed E-state index contributed by atoms with van der Waals surface area (Å²) >= 11 is 0. The van der Waals surface area contributed by atoms with Crippen LogP contribution in [0, 0.1) is 0 Å². The molecule has 0 aromatic carbocycles. The van der Waals surface area contributed by atoms with Gasteiger partial charge in [0.2, 0.25) is 5.78 Å². The molecule has 2 atom stereocenters. The monoisotopic (exact) mass is 239 g/mol. The Labute approximate surface area is 89.8 Å². The van der Waals surface area contributed by atoms with Gasteiger partial charge in [0.05, 0.1) is 21.1 Å². The second-order valence-electron chi connectivity index (χ2n) is 4.56. The molecular weight excluding hydrogens is 219 g/mol. The lowest BCUT2D eigenvalue weighted by Crippen LogP contribution is -2.62. The third kappa shape index (κ3) is 4.03. The first-order valence-electron chi connectivity index (χ1n) is 4.41. The average Bonchev–Trinajstić information content (AvgIpc) is 1.75. The Morgan fingerprint density at radius 1 is 1.53 bits per heavy atom. The van der Waals surface area contributed by atoms with E-state index >= 15 is 0 Å². The molecule has 0 aliphatic carbocycles. The van der Waals surface area contributed by atoms with Crippen LogP contribution in [0.4, 0.5) is 0 Å². The molecule has 7 heteroatoms. The first kappa shape index (κ1) is 14.8. The largest absolute Gasteiger partial charge is 0.387 e. The molecule has 15 heavy (non-hydrogen) atoms. The van der Waals surface area contributed by atoms with Gasteiger partial charge in [0.1, 0.15) is 0 Å². The second kappa shape index (κ2) is 4.33. The quantitative estimate of drug-likeness (QED) is 0.222. The fraction of sp³-hybridized carbons (Fsp3) is 0.750. The van der Waals surface area contributed by atoms with Crippen LogP contribution in [0.5, 0.6) is 0 Å². The maximum absolute atomic E-state index is 11.3. The number of nitrogens with zero attached hydrogens (tertiary/aromatic N) is 1. The Kier molecular flexibility index (Phi) is 4.26. The van der Waals surface area contributed by atoms with Crippen molar-refractivity contribution in [3.8, 4) is 0 Å². The van der Waals surface area contributed by atoms with E-state index in [0.717, 1.165) is 0 Å². The minimum atomic E-state index is -4.50. The molecule has 0 aromatic rings. The number of aliphatic hydroxyl groups is 1. The van der Waals surface area contributed by atoms with Crippen LogP contribution < -0.4 is 5.73 Å². The van der Waals surface area contributed by atoms with E-state index in [1.165, 1.54) is 6.08 Å². The van der Waals surface area contributed by atoms with E-state index in [-0.39, 0.29) is 10.9 Å². The smallest absolute Gasteiger partial charge is 0.369 e. The Morgan fingerprint density at radius 2 is 1.93 bits per heavy atom. The van der Waals surface area contributed by atoms with Gasteiger partial charge in [-0.15, -0.1) is 6.58 Å². The van der Waals surface area contributed by atoms with E-state index in [9.17, 15) is 19.5 Å². The Morgan fingerprint density at radius 3 is 2.13 bits per heavy atom. The zero-order valence-electron chi connectivity index (χ0n) is 9.29. The van der Waals surface area contributed by atoms with E-state index in [2.05, 4.69) is 6.58 Å². The number of likely N-dealkylation sites (N-methyl/N-ethyl adjacent to an activating group) is 1. The lowest BCUT2D eigenvalue weighted by molar-refractivity contribution is -0.890. The predicted octanol–water partition coefficient (Wildman–Crippen LogP) is -0.580. The maximum atomic E-state index is 11.3. The van der Waals surface area contributed by atoms with Gasteiger partial charge in [-0.1, -0.05) is 6.08 Å². The molecule has 2 unspecified atom stereocenters. The van der Waals surface area contributed by atoms with Gasteiger partial charge in [-0.05, 0) is 0 Å². The molecule has 0 saturated heterocycles. The number of quaternary nitrogens is 1. The highest BCUT2D eigenvalue weighted by molar-refractivity contribution is 7.52. The third-order valence-electron chi connectivity index (χ3n) is 1.97. The SMILES string of the molecule is C=CCC(N)(O)C([N+](C)(C)C)P(=O)(O)O. The molecule has 0 aromatic heterocycles. The van der Waals surface area contributed by atoms with Crippen molar-refractivity contribution >= 4 is 7.60 Å². The van der Waals surface area contributed by atoms with Crippen LogP contribution in [0.15, 0.2) is 12.7 Å². The highest BCUT2D eigenvalue weighted by atomic mass is 31.2. The zero-order valence-corrected chi connectivity index (χ0v) is 10.2. The van der Waals surface area contributed by atoms with Crippen molar-refractivity contribution in [3.05, 3.63) is 12.7 Å². The summed E-state index contributed by atoms with van der Waals surface area (Å²) in [7, 11) is 0.181. The fourth-order valence-electron chi connectivity index (χ4n) is 1.75. The van der Waals surface area contributed by atoms with E-state index in [0.29, 0.717) is 0 Å². The lowest BCUT2D eigenvalue weighted by Gasteiger charge is -2.41. The van der Waals surface area contributed by atoms with Crippen molar-refractivity contribution in [2.24, 2.45) is 5.73 Å². The van der Waals surface area contributed by atoms with E-state index in [1.807, 2.05) is 0 Å². The van der Waals surface area contributed by atoms with E-state index in [4.69, 9.17) is 5.73 Å². The summed E-state index contributed by atoms with van der Waals surface area (Å²) in [5.74, 6) is -1.39. The van der Waals surface area contributed by atoms with Crippen molar-refractivity contribution < 1.29 is 23.9 Å². The summed E-state index contributed by atoms with van der Waals surface area (Å²) in [6.07, 6.45) is 1.25. The number of rotatable bonds is 5. The van der Waals surface area contributed by atoms with Crippen molar-refractivity contribution in [1.82, 2.24) is 0 Å². The van der Waals surface area contributed by atoms with Gasteiger partial charge < -0.3 is 19.4 Å². The normalized spacial score (nSPS) is 19.4. The first-order valence-corrected chi connectivity index (χ1v) is 6.09. The molecule has 0 heterocycles. The number of nitrogens with two attached hydrogens (primary N) is 1. The molecule has 0 aliphatic heterocycles. The van der Waals surface area contributed by atoms with Crippen LogP contribution in [-0.4, -0.2) is 52.0 Å². The Bertz CT molecular complexity index is 279. The van der Waals surface area contributed by atoms with Crippen LogP contribution in [0.2, 0.25) is 0 Å². The maximum Gasteiger partial charge on any atom is 0.387 e. The lowest BCUT2D eigenvalue weighted by atomic mass is 10.1. The molecule has 90 valence electrons. The summed E-state index contributed by atoms with van der Waals surface area (Å²) in [6, 6.07) is 0. The van der Waals surface area contributed by atoms with E-state index < -0.39 is 19.1 Å². The molecule has 0 bridgehead atoms. The second-order valence-corrected chi connectivity index (χ2v) is 6.23. The van der Waals surface area contributed by atoms with Crippen molar-refractivity contribution in [3.63, 3.8) is 0 Å². The van der Waals surface area contributed by atoms with Gasteiger partial charge in [-0.2, -0.15) is 0 Å². The summed E-state index contributed by atoms with van der Waals surface area (Å²) in [4.78, 5) is 18.4. The summed E-state index contributed by atoms with van der Waals surface area (Å²) < 4.78 is 11.2. The highest BCUT2D eigenvalue weighted by Crippen LogP contribution is 2.48. The van der Waals surface area contributed by atoms with Crippen LogP contribution in [0.1, 0.15) is 6.42 Å². The van der Waals surface area contributed by atoms with Crippen LogP contribution in [0.25, 0.3) is 0 Å². The van der Waals surface area contributed by atoms with Gasteiger partial charge in [0.15, 0.2) is 5.72 Å². The predicted molar refractivity (Wildman–Crippen MR) is 57.8 cm³/mol. The zero-order chi connectivity index (χ0) is 12.5. The van der Waals surface area contributed by atoms with Crippen molar-refractivity contribution in [1.29, 1.82) is 0 Å². The van der Waals surface area contributed by atoms with Crippen molar-refractivity contribution in [2.75, 3.05) is 21.1 Å². The molecule has 6 nitrogen and oxygen atoms in total. The Balaban J connectivity index is 5.31. The van der Waals surface area contributed by atoms with Crippen molar-refractivity contribution in [2.45, 2.75) is 17.9 Å². The molecule has 0 fully saturated rings. The molecule has 0 spiro atoms. The Hall–Kier alpha value is -0.230. The van der Waals surface area contributed by atoms with Crippen LogP contribution in [0.3, 0.4) is 0 Å². The minimum absolute atomic E-state index is 0.0850. The van der Waals surface area contributed by atoms with Gasteiger partial charge in [0.25, 0.3) is 0 Å². The summed E-state index contributed by atoms with van der Waals surface area (Å²) in [5, 5.41) is 9.84. The molecule has 0 saturated carbocycles. The average molecular weight is 239 g/mol. The molecular formula is C8H20N2O4P+. The summed E-state index contributed by atoms with van der Waals surface area (Å²) in [6.45, 7) is 3.39.